The summed E-state index contributed by atoms with van der Waals surface area (Å²) in [4.78, 5) is 21.5. The van der Waals surface area contributed by atoms with E-state index in [4.69, 9.17) is 4.52 Å². The van der Waals surface area contributed by atoms with E-state index in [0.29, 0.717) is 30.3 Å². The topological polar surface area (TPSA) is 62.5 Å². The van der Waals surface area contributed by atoms with E-state index < -0.39 is 0 Å². The van der Waals surface area contributed by atoms with Crippen LogP contribution in [0, 0.1) is 0 Å². The fraction of sp³-hybridized carbons (Fsp3) is 0.833. The van der Waals surface area contributed by atoms with Crippen molar-refractivity contribution in [1.29, 1.82) is 0 Å². The summed E-state index contributed by atoms with van der Waals surface area (Å²) in [7, 11) is 0. The van der Waals surface area contributed by atoms with Crippen LogP contribution in [0.4, 0.5) is 0 Å². The molecule has 2 aliphatic heterocycles. The Morgan fingerprint density at radius 1 is 1.21 bits per heavy atom. The maximum atomic E-state index is 12.3. The molecule has 0 aromatic carbocycles. The van der Waals surface area contributed by atoms with E-state index in [0.717, 1.165) is 44.1 Å². The Labute approximate surface area is 143 Å². The highest BCUT2D eigenvalue weighted by molar-refractivity contribution is 5.76. The zero-order valence-corrected chi connectivity index (χ0v) is 14.8. The number of nitrogens with zero attached hydrogens (tertiary/aromatic N) is 4. The first-order valence-electron chi connectivity index (χ1n) is 9.57. The second kappa shape index (κ2) is 6.47. The van der Waals surface area contributed by atoms with Crippen LogP contribution in [0.1, 0.15) is 82.5 Å². The summed E-state index contributed by atoms with van der Waals surface area (Å²) in [5, 5.41) is 4.17. The minimum atomic E-state index is 0.136. The summed E-state index contributed by atoms with van der Waals surface area (Å²) in [5.74, 6) is 2.45. The van der Waals surface area contributed by atoms with Crippen molar-refractivity contribution in [3.8, 4) is 0 Å². The molecule has 1 aromatic rings. The second-order valence-electron chi connectivity index (χ2n) is 7.54. The van der Waals surface area contributed by atoms with Crippen LogP contribution in [0.3, 0.4) is 0 Å². The molecule has 3 atom stereocenters. The van der Waals surface area contributed by atoms with E-state index in [2.05, 4.69) is 26.9 Å². The minimum Gasteiger partial charge on any atom is -0.338 e. The SMILES string of the molecule is CCC(=O)N1CCCC1C1CCCN1C(C)c1nc(C2CC2)no1. The van der Waals surface area contributed by atoms with Crippen molar-refractivity contribution in [2.24, 2.45) is 0 Å². The zero-order valence-electron chi connectivity index (χ0n) is 14.8. The molecular formula is C18H28N4O2. The summed E-state index contributed by atoms with van der Waals surface area (Å²) in [6.07, 6.45) is 7.58. The van der Waals surface area contributed by atoms with Gasteiger partial charge in [0.2, 0.25) is 11.8 Å². The fourth-order valence-corrected chi connectivity index (χ4v) is 4.48. The molecule has 0 radical (unpaired) electrons. The first-order chi connectivity index (χ1) is 11.7. The van der Waals surface area contributed by atoms with E-state index in [1.165, 1.54) is 19.3 Å². The van der Waals surface area contributed by atoms with Gasteiger partial charge in [0.05, 0.1) is 6.04 Å². The average molecular weight is 332 g/mol. The Morgan fingerprint density at radius 2 is 1.96 bits per heavy atom. The third kappa shape index (κ3) is 2.85. The molecule has 3 unspecified atom stereocenters. The highest BCUT2D eigenvalue weighted by atomic mass is 16.5. The van der Waals surface area contributed by atoms with Crippen LogP contribution in [0.15, 0.2) is 4.52 Å². The molecule has 0 bridgehead atoms. The number of likely N-dealkylation sites (tertiary alicyclic amines) is 2. The first kappa shape index (κ1) is 16.1. The van der Waals surface area contributed by atoms with E-state index in [9.17, 15) is 4.79 Å². The molecule has 1 aromatic heterocycles. The Hall–Kier alpha value is -1.43. The Morgan fingerprint density at radius 3 is 2.71 bits per heavy atom. The van der Waals surface area contributed by atoms with E-state index in [1.54, 1.807) is 0 Å². The van der Waals surface area contributed by atoms with Crippen molar-refractivity contribution in [3.63, 3.8) is 0 Å². The molecule has 3 heterocycles. The van der Waals surface area contributed by atoms with Crippen molar-refractivity contribution in [2.75, 3.05) is 13.1 Å². The van der Waals surface area contributed by atoms with Gasteiger partial charge in [0.25, 0.3) is 0 Å². The van der Waals surface area contributed by atoms with Gasteiger partial charge in [0.15, 0.2) is 5.82 Å². The van der Waals surface area contributed by atoms with Gasteiger partial charge in [-0.15, -0.1) is 0 Å². The highest BCUT2D eigenvalue weighted by Crippen LogP contribution is 2.40. The summed E-state index contributed by atoms with van der Waals surface area (Å²) >= 11 is 0. The number of rotatable bonds is 5. The average Bonchev–Trinajstić information content (AvgIpc) is 3.04. The molecule has 24 heavy (non-hydrogen) atoms. The van der Waals surface area contributed by atoms with Crippen LogP contribution in [0.25, 0.3) is 0 Å². The summed E-state index contributed by atoms with van der Waals surface area (Å²) in [5.41, 5.74) is 0. The number of carbonyl (C=O) groups excluding carboxylic acids is 1. The quantitative estimate of drug-likeness (QED) is 0.829. The minimum absolute atomic E-state index is 0.136. The molecule has 6 heteroatoms. The number of carbonyl (C=O) groups is 1. The van der Waals surface area contributed by atoms with Gasteiger partial charge in [-0.05, 0) is 52.0 Å². The molecule has 6 nitrogen and oxygen atoms in total. The molecule has 3 aliphatic rings. The molecule has 1 saturated carbocycles. The van der Waals surface area contributed by atoms with Crippen LogP contribution < -0.4 is 0 Å². The van der Waals surface area contributed by atoms with Crippen molar-refractivity contribution < 1.29 is 9.32 Å². The monoisotopic (exact) mass is 332 g/mol. The summed E-state index contributed by atoms with van der Waals surface area (Å²) in [6.45, 7) is 6.11. The lowest BCUT2D eigenvalue weighted by atomic mass is 10.0. The number of hydrogen-bond acceptors (Lipinski definition) is 5. The van der Waals surface area contributed by atoms with E-state index in [-0.39, 0.29) is 6.04 Å². The standard InChI is InChI=1S/C18H28N4O2/c1-3-16(23)22-11-5-7-15(22)14-6-4-10-21(14)12(2)18-19-17(20-24-18)13-8-9-13/h12-15H,3-11H2,1-2H3. The van der Waals surface area contributed by atoms with Crippen LogP contribution in [0.5, 0.6) is 0 Å². The lowest BCUT2D eigenvalue weighted by molar-refractivity contribution is -0.132. The predicted molar refractivity (Wildman–Crippen MR) is 89.4 cm³/mol. The predicted octanol–water partition coefficient (Wildman–Crippen LogP) is 2.87. The fourth-order valence-electron chi connectivity index (χ4n) is 4.48. The molecule has 4 rings (SSSR count). The maximum Gasteiger partial charge on any atom is 0.243 e. The Bertz CT molecular complexity index is 598. The van der Waals surface area contributed by atoms with Crippen LogP contribution in [-0.4, -0.2) is 51.0 Å². The lowest BCUT2D eigenvalue weighted by Crippen LogP contribution is -2.48. The number of hydrogen-bond donors (Lipinski definition) is 0. The Kier molecular flexibility index (Phi) is 4.33. The van der Waals surface area contributed by atoms with Crippen LogP contribution >= 0.6 is 0 Å². The van der Waals surface area contributed by atoms with Crippen molar-refractivity contribution >= 4 is 5.91 Å². The molecule has 0 N–H and O–H groups in total. The summed E-state index contributed by atoms with van der Waals surface area (Å²) < 4.78 is 5.56. The third-order valence-electron chi connectivity index (χ3n) is 5.96. The smallest absolute Gasteiger partial charge is 0.243 e. The van der Waals surface area contributed by atoms with Crippen molar-refractivity contribution in [3.05, 3.63) is 11.7 Å². The third-order valence-corrected chi connectivity index (χ3v) is 5.96. The van der Waals surface area contributed by atoms with E-state index >= 15 is 0 Å². The molecule has 1 aliphatic carbocycles. The molecular weight excluding hydrogens is 304 g/mol. The van der Waals surface area contributed by atoms with Gasteiger partial charge < -0.3 is 9.42 Å². The lowest BCUT2D eigenvalue weighted by Gasteiger charge is -2.36. The molecule has 2 saturated heterocycles. The van der Waals surface area contributed by atoms with Crippen molar-refractivity contribution in [1.82, 2.24) is 19.9 Å². The van der Waals surface area contributed by atoms with Gasteiger partial charge >= 0.3 is 0 Å². The second-order valence-corrected chi connectivity index (χ2v) is 7.54. The number of amides is 1. The van der Waals surface area contributed by atoms with Crippen molar-refractivity contribution in [2.45, 2.75) is 82.8 Å². The maximum absolute atomic E-state index is 12.3. The van der Waals surface area contributed by atoms with Gasteiger partial charge in [-0.2, -0.15) is 4.98 Å². The largest absolute Gasteiger partial charge is 0.338 e. The normalized spacial score (nSPS) is 29.3. The molecule has 3 fully saturated rings. The molecule has 1 amide bonds. The van der Waals surface area contributed by atoms with Gasteiger partial charge in [-0.1, -0.05) is 12.1 Å². The first-order valence-corrected chi connectivity index (χ1v) is 9.57. The molecule has 132 valence electrons. The molecule has 0 spiro atoms. The Balaban J connectivity index is 1.50. The van der Waals surface area contributed by atoms with Gasteiger partial charge in [0, 0.05) is 31.0 Å². The van der Waals surface area contributed by atoms with E-state index in [1.807, 2.05) is 6.92 Å². The highest BCUT2D eigenvalue weighted by Gasteiger charge is 2.42. The van der Waals surface area contributed by atoms with Gasteiger partial charge in [-0.25, -0.2) is 0 Å². The van der Waals surface area contributed by atoms with Gasteiger partial charge in [0.1, 0.15) is 0 Å². The van der Waals surface area contributed by atoms with Crippen LogP contribution in [-0.2, 0) is 4.79 Å². The number of aromatic nitrogens is 2. The summed E-state index contributed by atoms with van der Waals surface area (Å²) in [6, 6.07) is 0.916. The van der Waals surface area contributed by atoms with Crippen LogP contribution in [0.2, 0.25) is 0 Å². The zero-order chi connectivity index (χ0) is 16.7. The van der Waals surface area contributed by atoms with Gasteiger partial charge in [-0.3, -0.25) is 9.69 Å².